The van der Waals surface area contributed by atoms with Crippen molar-refractivity contribution in [1.82, 2.24) is 10.3 Å². The van der Waals surface area contributed by atoms with Gasteiger partial charge in [-0.05, 0) is 31.2 Å². The Bertz CT molecular complexity index is 576. The van der Waals surface area contributed by atoms with Crippen molar-refractivity contribution >= 4 is 0 Å². The van der Waals surface area contributed by atoms with E-state index >= 15 is 0 Å². The maximum Gasteiger partial charge on any atom is 0.168 e. The van der Waals surface area contributed by atoms with Gasteiger partial charge in [-0.2, -0.15) is 0 Å². The summed E-state index contributed by atoms with van der Waals surface area (Å²) in [6.45, 7) is 3.60. The largest absolute Gasteiger partial charge is 0.454 e. The highest BCUT2D eigenvalue weighted by atomic mass is 19.1. The molecule has 0 aliphatic rings. The zero-order valence-electron chi connectivity index (χ0n) is 11.2. The lowest BCUT2D eigenvalue weighted by Gasteiger charge is -2.08. The van der Waals surface area contributed by atoms with Crippen LogP contribution in [-0.4, -0.2) is 11.5 Å². The van der Waals surface area contributed by atoms with E-state index in [9.17, 15) is 8.78 Å². The molecule has 5 heteroatoms. The molecule has 1 aromatic carbocycles. The fraction of sp³-hybridized carbons (Fsp3) is 0.267. The average molecular weight is 278 g/mol. The molecule has 1 aromatic heterocycles. The first-order valence-electron chi connectivity index (χ1n) is 6.47. The van der Waals surface area contributed by atoms with Crippen molar-refractivity contribution in [1.29, 1.82) is 0 Å². The molecule has 1 N–H and O–H groups in total. The molecule has 0 amide bonds. The summed E-state index contributed by atoms with van der Waals surface area (Å²) in [5.74, 6) is -0.898. The fourth-order valence-electron chi connectivity index (χ4n) is 1.69. The molecular weight excluding hydrogens is 262 g/mol. The Hall–Kier alpha value is -2.01. The van der Waals surface area contributed by atoms with Crippen LogP contribution in [-0.2, 0) is 6.54 Å². The maximum atomic E-state index is 13.5. The van der Waals surface area contributed by atoms with Gasteiger partial charge in [0.1, 0.15) is 11.6 Å². The van der Waals surface area contributed by atoms with Gasteiger partial charge < -0.3 is 10.1 Å². The second-order valence-electron chi connectivity index (χ2n) is 4.34. The van der Waals surface area contributed by atoms with Crippen molar-refractivity contribution in [2.24, 2.45) is 0 Å². The third-order valence-electron chi connectivity index (χ3n) is 2.64. The van der Waals surface area contributed by atoms with Gasteiger partial charge in [0.2, 0.25) is 0 Å². The van der Waals surface area contributed by atoms with Crippen molar-refractivity contribution in [3.05, 3.63) is 53.9 Å². The number of nitrogens with one attached hydrogen (secondary N) is 1. The molecule has 20 heavy (non-hydrogen) atoms. The topological polar surface area (TPSA) is 34.1 Å². The molecule has 0 saturated heterocycles. The summed E-state index contributed by atoms with van der Waals surface area (Å²) in [5.41, 5.74) is 0.804. The summed E-state index contributed by atoms with van der Waals surface area (Å²) in [4.78, 5) is 4.19. The minimum Gasteiger partial charge on any atom is -0.454 e. The van der Waals surface area contributed by atoms with E-state index in [1.165, 1.54) is 6.07 Å². The quantitative estimate of drug-likeness (QED) is 0.819. The van der Waals surface area contributed by atoms with Crippen molar-refractivity contribution in [2.45, 2.75) is 19.9 Å². The second kappa shape index (κ2) is 6.96. The normalized spacial score (nSPS) is 10.6. The summed E-state index contributed by atoms with van der Waals surface area (Å²) in [6, 6.07) is 6.57. The Balaban J connectivity index is 2.07. The van der Waals surface area contributed by atoms with Crippen molar-refractivity contribution < 1.29 is 13.5 Å². The number of hydrogen-bond acceptors (Lipinski definition) is 3. The Morgan fingerprint density at radius 3 is 2.80 bits per heavy atom. The van der Waals surface area contributed by atoms with Crippen molar-refractivity contribution in [3.63, 3.8) is 0 Å². The Morgan fingerprint density at radius 2 is 2.05 bits per heavy atom. The van der Waals surface area contributed by atoms with Gasteiger partial charge in [-0.15, -0.1) is 0 Å². The van der Waals surface area contributed by atoms with Crippen LogP contribution >= 0.6 is 0 Å². The van der Waals surface area contributed by atoms with Crippen LogP contribution in [0.5, 0.6) is 11.5 Å². The van der Waals surface area contributed by atoms with Crippen LogP contribution in [0.3, 0.4) is 0 Å². The molecule has 0 unspecified atom stereocenters. The van der Waals surface area contributed by atoms with Crippen LogP contribution in [0, 0.1) is 11.6 Å². The number of hydrogen-bond donors (Lipinski definition) is 1. The minimum absolute atomic E-state index is 0.00920. The van der Waals surface area contributed by atoms with Gasteiger partial charge in [0, 0.05) is 24.9 Å². The summed E-state index contributed by atoms with van der Waals surface area (Å²) in [7, 11) is 0. The van der Waals surface area contributed by atoms with Crippen LogP contribution in [0.2, 0.25) is 0 Å². The van der Waals surface area contributed by atoms with Crippen LogP contribution < -0.4 is 10.1 Å². The van der Waals surface area contributed by atoms with Crippen molar-refractivity contribution in [3.8, 4) is 11.5 Å². The number of nitrogens with zero attached hydrogens (tertiary/aromatic N) is 1. The number of ether oxygens (including phenoxy) is 1. The fourth-order valence-corrected chi connectivity index (χ4v) is 1.69. The average Bonchev–Trinajstić information content (AvgIpc) is 2.43. The summed E-state index contributed by atoms with van der Waals surface area (Å²) >= 11 is 0. The lowest BCUT2D eigenvalue weighted by Crippen LogP contribution is -2.14. The minimum atomic E-state index is -0.729. The van der Waals surface area contributed by atoms with E-state index < -0.39 is 11.6 Å². The van der Waals surface area contributed by atoms with Gasteiger partial charge in [-0.1, -0.05) is 6.92 Å². The number of aromatic nitrogens is 1. The van der Waals surface area contributed by atoms with E-state index in [0.717, 1.165) is 30.8 Å². The molecule has 1 heterocycles. The molecule has 0 spiro atoms. The van der Waals surface area contributed by atoms with Gasteiger partial charge in [0.25, 0.3) is 0 Å². The van der Waals surface area contributed by atoms with Gasteiger partial charge in [-0.3, -0.25) is 4.98 Å². The Morgan fingerprint density at radius 1 is 1.20 bits per heavy atom. The number of benzene rings is 1. The third kappa shape index (κ3) is 3.99. The van der Waals surface area contributed by atoms with E-state index in [4.69, 9.17) is 4.74 Å². The first-order chi connectivity index (χ1) is 9.69. The molecule has 0 aliphatic carbocycles. The van der Waals surface area contributed by atoms with Crippen LogP contribution in [0.15, 0.2) is 36.5 Å². The highest BCUT2D eigenvalue weighted by Crippen LogP contribution is 2.24. The molecular formula is C15H16F2N2O. The predicted octanol–water partition coefficient (Wildman–Crippen LogP) is 3.65. The van der Waals surface area contributed by atoms with E-state index in [1.54, 1.807) is 18.3 Å². The molecule has 0 aliphatic heterocycles. The number of pyridine rings is 1. The SMILES string of the molecule is CCCNCc1cc(Oc2ccc(F)cc2F)ccn1. The summed E-state index contributed by atoms with van der Waals surface area (Å²) in [5, 5.41) is 3.22. The maximum absolute atomic E-state index is 13.5. The van der Waals surface area contributed by atoms with E-state index in [-0.39, 0.29) is 5.75 Å². The summed E-state index contributed by atoms with van der Waals surface area (Å²) < 4.78 is 31.7. The van der Waals surface area contributed by atoms with E-state index in [2.05, 4.69) is 17.2 Å². The smallest absolute Gasteiger partial charge is 0.168 e. The summed E-state index contributed by atoms with van der Waals surface area (Å²) in [6.07, 6.45) is 2.64. The van der Waals surface area contributed by atoms with Crippen LogP contribution in [0.4, 0.5) is 8.78 Å². The van der Waals surface area contributed by atoms with Gasteiger partial charge >= 0.3 is 0 Å². The molecule has 2 rings (SSSR count). The Labute approximate surface area is 116 Å². The first-order valence-corrected chi connectivity index (χ1v) is 6.47. The van der Waals surface area contributed by atoms with Gasteiger partial charge in [0.15, 0.2) is 11.6 Å². The van der Waals surface area contributed by atoms with Gasteiger partial charge in [0.05, 0.1) is 5.69 Å². The third-order valence-corrected chi connectivity index (χ3v) is 2.64. The highest BCUT2D eigenvalue weighted by molar-refractivity contribution is 5.32. The lowest BCUT2D eigenvalue weighted by molar-refractivity contribution is 0.436. The molecule has 2 aromatic rings. The predicted molar refractivity (Wildman–Crippen MR) is 72.7 cm³/mol. The van der Waals surface area contributed by atoms with Crippen LogP contribution in [0.25, 0.3) is 0 Å². The van der Waals surface area contributed by atoms with E-state index in [1.807, 2.05) is 0 Å². The zero-order valence-corrected chi connectivity index (χ0v) is 11.2. The molecule has 106 valence electrons. The lowest BCUT2D eigenvalue weighted by atomic mass is 10.3. The molecule has 0 radical (unpaired) electrons. The Kier molecular flexibility index (Phi) is 5.01. The van der Waals surface area contributed by atoms with Gasteiger partial charge in [-0.25, -0.2) is 8.78 Å². The monoisotopic (exact) mass is 278 g/mol. The highest BCUT2D eigenvalue weighted by Gasteiger charge is 2.07. The number of rotatable bonds is 6. The molecule has 3 nitrogen and oxygen atoms in total. The van der Waals surface area contributed by atoms with Crippen molar-refractivity contribution in [2.75, 3.05) is 6.54 Å². The van der Waals surface area contributed by atoms with Crippen LogP contribution in [0.1, 0.15) is 19.0 Å². The standard InChI is InChI=1S/C15H16F2N2O/c1-2-6-18-10-12-9-13(5-7-19-12)20-15-4-3-11(16)8-14(15)17/h3-5,7-9,18H,2,6,10H2,1H3. The van der Waals surface area contributed by atoms with E-state index in [0.29, 0.717) is 12.3 Å². The molecule has 0 bridgehead atoms. The molecule has 0 saturated carbocycles. The second-order valence-corrected chi connectivity index (χ2v) is 4.34. The molecule has 0 atom stereocenters. The zero-order chi connectivity index (χ0) is 14.4. The number of halogens is 2. The molecule has 0 fully saturated rings. The first kappa shape index (κ1) is 14.4.